The highest BCUT2D eigenvalue weighted by Gasteiger charge is 2.17. The zero-order valence-corrected chi connectivity index (χ0v) is 14.2. The quantitative estimate of drug-likeness (QED) is 0.409. The number of ether oxygens (including phenoxy) is 1. The van der Waals surface area contributed by atoms with Gasteiger partial charge in [-0.05, 0) is 30.3 Å². The van der Waals surface area contributed by atoms with E-state index < -0.39 is 0 Å². The summed E-state index contributed by atoms with van der Waals surface area (Å²) in [7, 11) is 3.02. The van der Waals surface area contributed by atoms with Crippen LogP contribution in [0.2, 0.25) is 0 Å². The molecule has 0 atom stereocenters. The summed E-state index contributed by atoms with van der Waals surface area (Å²) >= 11 is 0. The minimum atomic E-state index is -0.232. The third-order valence-electron chi connectivity index (χ3n) is 3.69. The number of aromatic nitrogens is 1. The fourth-order valence-corrected chi connectivity index (χ4v) is 2.44. The van der Waals surface area contributed by atoms with Crippen LogP contribution >= 0.6 is 0 Å². The number of nitrogen functional groups attached to an aromatic ring is 1. The van der Waals surface area contributed by atoms with E-state index in [1.807, 2.05) is 6.07 Å². The zero-order valence-electron chi connectivity index (χ0n) is 14.2. The number of benzene rings is 2. The zero-order chi connectivity index (χ0) is 18.7. The van der Waals surface area contributed by atoms with Gasteiger partial charge in [-0.2, -0.15) is 0 Å². The number of rotatable bonds is 5. The predicted molar refractivity (Wildman–Crippen MR) is 99.5 cm³/mol. The summed E-state index contributed by atoms with van der Waals surface area (Å²) in [5.74, 6) is -0.118. The monoisotopic (exact) mass is 354 g/mol. The number of methoxy groups -OCH3 is 1. The maximum atomic E-state index is 10.2. The van der Waals surface area contributed by atoms with Crippen molar-refractivity contribution in [3.63, 3.8) is 0 Å². The van der Waals surface area contributed by atoms with E-state index in [4.69, 9.17) is 14.9 Å². The average Bonchev–Trinajstić information content (AvgIpc) is 3.07. The van der Waals surface area contributed by atoms with Gasteiger partial charge in [0.1, 0.15) is 0 Å². The van der Waals surface area contributed by atoms with Crippen LogP contribution in [0.4, 0.5) is 17.4 Å². The average molecular weight is 354 g/mol. The summed E-state index contributed by atoms with van der Waals surface area (Å²) in [5, 5.41) is 22.9. The van der Waals surface area contributed by atoms with Crippen LogP contribution in [0.15, 0.2) is 45.9 Å². The van der Waals surface area contributed by atoms with Gasteiger partial charge in [-0.25, -0.2) is 4.98 Å². The second-order valence-electron chi connectivity index (χ2n) is 5.40. The lowest BCUT2D eigenvalue weighted by atomic mass is 10.1. The molecule has 0 amide bonds. The van der Waals surface area contributed by atoms with Crippen molar-refractivity contribution in [3.05, 3.63) is 42.1 Å². The third kappa shape index (κ3) is 3.25. The highest BCUT2D eigenvalue weighted by Crippen LogP contribution is 2.43. The van der Waals surface area contributed by atoms with Gasteiger partial charge in [0.05, 0.1) is 18.9 Å². The van der Waals surface area contributed by atoms with E-state index in [9.17, 15) is 10.2 Å². The molecule has 0 aliphatic heterocycles. The van der Waals surface area contributed by atoms with Gasteiger partial charge in [0.2, 0.25) is 5.75 Å². The van der Waals surface area contributed by atoms with Gasteiger partial charge in [0.15, 0.2) is 17.3 Å². The number of anilines is 3. The number of nitrogens with zero attached hydrogens (tertiary/aromatic N) is 2. The number of aromatic hydroxyl groups is 2. The van der Waals surface area contributed by atoms with Gasteiger partial charge in [-0.15, -0.1) is 0 Å². The molecule has 26 heavy (non-hydrogen) atoms. The van der Waals surface area contributed by atoms with Crippen LogP contribution in [-0.4, -0.2) is 35.6 Å². The van der Waals surface area contributed by atoms with Gasteiger partial charge in [-0.3, -0.25) is 4.99 Å². The molecule has 3 rings (SSSR count). The van der Waals surface area contributed by atoms with Crippen molar-refractivity contribution < 1.29 is 19.4 Å². The number of nitrogens with one attached hydrogen (secondary N) is 1. The summed E-state index contributed by atoms with van der Waals surface area (Å²) in [6, 6.07) is 8.49. The van der Waals surface area contributed by atoms with Gasteiger partial charge < -0.3 is 30.4 Å². The second kappa shape index (κ2) is 7.06. The summed E-state index contributed by atoms with van der Waals surface area (Å²) in [6.45, 7) is 0. The standard InChI is InChI=1S/C18H18N4O4/c1-20-8-10-7-11(3-5-13(10)19)22-18-21-9-15(26-18)12-4-6-14(23)17(25-2)16(12)24/h3-9,23-24H,19H2,1-2H3,(H,21,22)/b20-8-. The number of hydrogen-bond donors (Lipinski definition) is 4. The Labute approximate surface area is 149 Å². The Morgan fingerprint density at radius 1 is 1.27 bits per heavy atom. The maximum absolute atomic E-state index is 10.2. The Kier molecular flexibility index (Phi) is 4.66. The Morgan fingerprint density at radius 3 is 2.81 bits per heavy atom. The van der Waals surface area contributed by atoms with E-state index >= 15 is 0 Å². The molecule has 0 aliphatic rings. The van der Waals surface area contributed by atoms with Crippen molar-refractivity contribution in [3.8, 4) is 28.6 Å². The molecule has 134 valence electrons. The fourth-order valence-electron chi connectivity index (χ4n) is 2.44. The van der Waals surface area contributed by atoms with Crippen LogP contribution < -0.4 is 15.8 Å². The van der Waals surface area contributed by atoms with Crippen LogP contribution in [0.25, 0.3) is 11.3 Å². The van der Waals surface area contributed by atoms with E-state index in [1.54, 1.807) is 25.4 Å². The highest BCUT2D eigenvalue weighted by atomic mass is 16.5. The fraction of sp³-hybridized carbons (Fsp3) is 0.111. The van der Waals surface area contributed by atoms with E-state index in [0.29, 0.717) is 17.0 Å². The van der Waals surface area contributed by atoms with Crippen molar-refractivity contribution in [2.75, 3.05) is 25.2 Å². The van der Waals surface area contributed by atoms with Crippen molar-refractivity contribution >= 4 is 23.6 Å². The normalized spacial score (nSPS) is 11.0. The minimum Gasteiger partial charge on any atom is -0.504 e. The van der Waals surface area contributed by atoms with Crippen molar-refractivity contribution in [2.24, 2.45) is 4.99 Å². The maximum Gasteiger partial charge on any atom is 0.299 e. The van der Waals surface area contributed by atoms with Crippen LogP contribution in [-0.2, 0) is 0 Å². The smallest absolute Gasteiger partial charge is 0.299 e. The largest absolute Gasteiger partial charge is 0.504 e. The highest BCUT2D eigenvalue weighted by molar-refractivity contribution is 5.88. The summed E-state index contributed by atoms with van der Waals surface area (Å²) in [6.07, 6.45) is 3.11. The predicted octanol–water partition coefficient (Wildman–Crippen LogP) is 3.14. The van der Waals surface area contributed by atoms with Crippen molar-refractivity contribution in [1.29, 1.82) is 0 Å². The second-order valence-corrected chi connectivity index (χ2v) is 5.40. The molecule has 5 N–H and O–H groups in total. The summed E-state index contributed by atoms with van der Waals surface area (Å²) in [4.78, 5) is 8.11. The van der Waals surface area contributed by atoms with E-state index in [1.165, 1.54) is 25.4 Å². The topological polar surface area (TPSA) is 126 Å². The van der Waals surface area contributed by atoms with Gasteiger partial charge >= 0.3 is 0 Å². The van der Waals surface area contributed by atoms with Crippen LogP contribution in [0, 0.1) is 0 Å². The van der Waals surface area contributed by atoms with E-state index in [2.05, 4.69) is 15.3 Å². The van der Waals surface area contributed by atoms with Gasteiger partial charge in [0.25, 0.3) is 6.01 Å². The van der Waals surface area contributed by atoms with Crippen molar-refractivity contribution in [2.45, 2.75) is 0 Å². The molecule has 8 nitrogen and oxygen atoms in total. The molecule has 1 heterocycles. The lowest BCUT2D eigenvalue weighted by Gasteiger charge is -2.08. The molecular formula is C18H18N4O4. The molecule has 0 aliphatic carbocycles. The van der Waals surface area contributed by atoms with Crippen molar-refractivity contribution in [1.82, 2.24) is 4.98 Å². The van der Waals surface area contributed by atoms with E-state index in [-0.39, 0.29) is 23.3 Å². The van der Waals surface area contributed by atoms with Gasteiger partial charge in [0, 0.05) is 30.2 Å². The van der Waals surface area contributed by atoms with Crippen LogP contribution in [0.5, 0.6) is 17.2 Å². The lowest BCUT2D eigenvalue weighted by molar-refractivity contribution is 0.345. The molecule has 0 spiro atoms. The number of oxazole rings is 1. The first-order chi connectivity index (χ1) is 12.5. The first-order valence-corrected chi connectivity index (χ1v) is 7.67. The Balaban J connectivity index is 1.89. The van der Waals surface area contributed by atoms with Crippen LogP contribution in [0.3, 0.4) is 0 Å². The number of phenols is 2. The molecule has 0 saturated heterocycles. The Bertz CT molecular complexity index is 966. The first-order valence-electron chi connectivity index (χ1n) is 7.67. The number of aliphatic imine (C=N–C) groups is 1. The third-order valence-corrected chi connectivity index (χ3v) is 3.69. The molecule has 0 saturated carbocycles. The molecule has 1 aromatic heterocycles. The molecular weight excluding hydrogens is 336 g/mol. The molecule has 2 aromatic carbocycles. The minimum absolute atomic E-state index is 0.0320. The molecule has 0 bridgehead atoms. The number of hydrogen-bond acceptors (Lipinski definition) is 8. The lowest BCUT2D eigenvalue weighted by Crippen LogP contribution is -1.96. The molecule has 0 fully saturated rings. The first kappa shape index (κ1) is 17.2. The van der Waals surface area contributed by atoms with Gasteiger partial charge in [-0.1, -0.05) is 0 Å². The number of nitrogens with two attached hydrogens (primary N) is 1. The molecule has 3 aromatic rings. The Morgan fingerprint density at radius 2 is 2.08 bits per heavy atom. The molecule has 8 heteroatoms. The molecule has 0 radical (unpaired) electrons. The molecule has 0 unspecified atom stereocenters. The van der Waals surface area contributed by atoms with E-state index in [0.717, 1.165) is 11.3 Å². The number of phenolic OH excluding ortho intramolecular Hbond substituents is 2. The van der Waals surface area contributed by atoms with Crippen LogP contribution in [0.1, 0.15) is 5.56 Å². The summed E-state index contributed by atoms with van der Waals surface area (Å²) < 4.78 is 10.6. The SMILES string of the molecule is C/N=C\c1cc(Nc2ncc(-c3ccc(O)c(OC)c3O)o2)ccc1N. The summed E-state index contributed by atoms with van der Waals surface area (Å²) in [5.41, 5.74) is 8.32. The Hall–Kier alpha value is -3.68.